The second-order valence-electron chi connectivity index (χ2n) is 6.01. The molecule has 6 nitrogen and oxygen atoms in total. The van der Waals surface area contributed by atoms with E-state index in [0.717, 1.165) is 38.0 Å². The zero-order chi connectivity index (χ0) is 12.8. The third-order valence-electron chi connectivity index (χ3n) is 4.25. The van der Waals surface area contributed by atoms with Gasteiger partial charge in [-0.1, -0.05) is 5.21 Å². The van der Waals surface area contributed by atoms with E-state index in [2.05, 4.69) is 21.8 Å². The molecule has 3 aliphatic rings. The first-order chi connectivity index (χ1) is 9.29. The molecule has 6 heteroatoms. The van der Waals surface area contributed by atoms with Crippen molar-refractivity contribution < 1.29 is 4.79 Å². The molecule has 1 saturated heterocycles. The van der Waals surface area contributed by atoms with Crippen LogP contribution in [0.25, 0.3) is 0 Å². The number of likely N-dealkylation sites (tertiary alicyclic amines) is 1. The Morgan fingerprint density at radius 2 is 2.11 bits per heavy atom. The zero-order valence-electron chi connectivity index (χ0n) is 11.0. The number of hydrogen-bond donors (Lipinski definition) is 1. The molecule has 1 N–H and O–H groups in total. The Labute approximate surface area is 112 Å². The van der Waals surface area contributed by atoms with E-state index in [1.54, 1.807) is 0 Å². The normalized spacial score (nSPS) is 26.7. The topological polar surface area (TPSA) is 63.1 Å². The summed E-state index contributed by atoms with van der Waals surface area (Å²) in [5.74, 6) is 0.643. The number of nitrogens with zero attached hydrogens (tertiary/aromatic N) is 4. The van der Waals surface area contributed by atoms with E-state index in [-0.39, 0.29) is 6.03 Å². The molecule has 2 aliphatic carbocycles. The average Bonchev–Trinajstić information content (AvgIpc) is 3.32. The molecule has 0 bridgehead atoms. The van der Waals surface area contributed by atoms with Crippen LogP contribution in [0.5, 0.6) is 0 Å². The van der Waals surface area contributed by atoms with Crippen molar-refractivity contribution in [3.63, 3.8) is 0 Å². The van der Waals surface area contributed by atoms with E-state index in [1.807, 2.05) is 9.58 Å². The smallest absolute Gasteiger partial charge is 0.317 e. The highest BCUT2D eigenvalue weighted by Gasteiger charge is 2.33. The van der Waals surface area contributed by atoms with Crippen molar-refractivity contribution in [2.24, 2.45) is 0 Å². The fourth-order valence-electron chi connectivity index (χ4n) is 2.67. The maximum absolute atomic E-state index is 12.0. The van der Waals surface area contributed by atoms with Crippen LogP contribution in [0.2, 0.25) is 0 Å². The molecule has 102 valence electrons. The van der Waals surface area contributed by atoms with Crippen molar-refractivity contribution in [2.45, 2.75) is 50.1 Å². The summed E-state index contributed by atoms with van der Waals surface area (Å²) < 4.78 is 1.96. The van der Waals surface area contributed by atoms with Crippen molar-refractivity contribution in [3.8, 4) is 0 Å². The van der Waals surface area contributed by atoms with Gasteiger partial charge in [0, 0.05) is 31.2 Å². The molecule has 1 aromatic heterocycles. The van der Waals surface area contributed by atoms with Gasteiger partial charge in [0.05, 0.1) is 11.7 Å². The fourth-order valence-corrected chi connectivity index (χ4v) is 2.67. The molecule has 0 radical (unpaired) electrons. The summed E-state index contributed by atoms with van der Waals surface area (Å²) in [5, 5.41) is 11.5. The second kappa shape index (κ2) is 4.21. The van der Waals surface area contributed by atoms with Gasteiger partial charge in [-0.3, -0.25) is 0 Å². The summed E-state index contributed by atoms with van der Waals surface area (Å²) in [6.07, 6.45) is 7.82. The number of urea groups is 1. The van der Waals surface area contributed by atoms with Gasteiger partial charge in [0.1, 0.15) is 0 Å². The second-order valence-corrected chi connectivity index (χ2v) is 6.01. The van der Waals surface area contributed by atoms with Crippen molar-refractivity contribution in [3.05, 3.63) is 11.9 Å². The molecule has 1 atom stereocenters. The van der Waals surface area contributed by atoms with Gasteiger partial charge in [0.15, 0.2) is 0 Å². The lowest BCUT2D eigenvalue weighted by molar-refractivity contribution is 0.206. The lowest BCUT2D eigenvalue weighted by atomic mass is 10.2. The number of aromatic nitrogens is 3. The lowest BCUT2D eigenvalue weighted by Gasteiger charge is -2.17. The largest absolute Gasteiger partial charge is 0.335 e. The SMILES string of the molecule is O=C(NC1CC1)N1CCC(n2cc(C3CC3)nn2)C1. The first kappa shape index (κ1) is 11.3. The Balaban J connectivity index is 1.38. The number of rotatable bonds is 3. The predicted octanol–water partition coefficient (Wildman–Crippen LogP) is 1.27. The van der Waals surface area contributed by atoms with Crippen LogP contribution in [0.3, 0.4) is 0 Å². The Morgan fingerprint density at radius 1 is 1.26 bits per heavy atom. The Hall–Kier alpha value is -1.59. The number of nitrogens with one attached hydrogen (secondary N) is 1. The van der Waals surface area contributed by atoms with Gasteiger partial charge >= 0.3 is 6.03 Å². The number of hydrogen-bond acceptors (Lipinski definition) is 3. The lowest BCUT2D eigenvalue weighted by Crippen LogP contribution is -2.39. The van der Waals surface area contributed by atoms with Gasteiger partial charge in [-0.15, -0.1) is 5.10 Å². The minimum absolute atomic E-state index is 0.0903. The third-order valence-corrected chi connectivity index (χ3v) is 4.25. The molecule has 2 saturated carbocycles. The monoisotopic (exact) mass is 261 g/mol. The van der Waals surface area contributed by atoms with Crippen LogP contribution in [0.15, 0.2) is 6.20 Å². The summed E-state index contributed by atoms with van der Waals surface area (Å²) in [5.41, 5.74) is 1.13. The van der Waals surface area contributed by atoms with E-state index >= 15 is 0 Å². The predicted molar refractivity (Wildman–Crippen MR) is 68.8 cm³/mol. The van der Waals surface area contributed by atoms with E-state index in [4.69, 9.17) is 0 Å². The Morgan fingerprint density at radius 3 is 2.84 bits per heavy atom. The average molecular weight is 261 g/mol. The maximum atomic E-state index is 12.0. The molecular weight excluding hydrogens is 242 g/mol. The standard InChI is InChI=1S/C13H19N5O/c19-13(14-10-3-4-10)17-6-5-11(7-17)18-8-12(15-16-18)9-1-2-9/h8-11H,1-7H2,(H,14,19). The molecule has 0 spiro atoms. The fraction of sp³-hybridized carbons (Fsp3) is 0.769. The number of amides is 2. The van der Waals surface area contributed by atoms with Gasteiger partial charge in [0.2, 0.25) is 0 Å². The number of carbonyl (C=O) groups excluding carboxylic acids is 1. The molecule has 19 heavy (non-hydrogen) atoms. The maximum Gasteiger partial charge on any atom is 0.317 e. The highest BCUT2D eigenvalue weighted by atomic mass is 16.2. The molecular formula is C13H19N5O. The minimum Gasteiger partial charge on any atom is -0.335 e. The van der Waals surface area contributed by atoms with E-state index in [1.165, 1.54) is 12.8 Å². The summed E-state index contributed by atoms with van der Waals surface area (Å²) in [4.78, 5) is 13.9. The van der Waals surface area contributed by atoms with Crippen LogP contribution >= 0.6 is 0 Å². The highest BCUT2D eigenvalue weighted by molar-refractivity contribution is 5.75. The molecule has 2 heterocycles. The summed E-state index contributed by atoms with van der Waals surface area (Å²) in [6.45, 7) is 1.58. The van der Waals surface area contributed by atoms with Gasteiger partial charge in [-0.2, -0.15) is 0 Å². The summed E-state index contributed by atoms with van der Waals surface area (Å²) >= 11 is 0. The van der Waals surface area contributed by atoms with Crippen LogP contribution in [-0.2, 0) is 0 Å². The first-order valence-corrected chi connectivity index (χ1v) is 7.27. The third kappa shape index (κ3) is 2.31. The van der Waals surface area contributed by atoms with Gasteiger partial charge < -0.3 is 10.2 Å². The van der Waals surface area contributed by atoms with Gasteiger partial charge in [0.25, 0.3) is 0 Å². The minimum atomic E-state index is 0.0903. The van der Waals surface area contributed by atoms with Gasteiger partial charge in [-0.05, 0) is 32.1 Å². The Kier molecular flexibility index (Phi) is 2.50. The molecule has 3 fully saturated rings. The molecule has 1 aliphatic heterocycles. The van der Waals surface area contributed by atoms with Crippen LogP contribution in [0.4, 0.5) is 4.79 Å². The van der Waals surface area contributed by atoms with E-state index in [0.29, 0.717) is 18.0 Å². The zero-order valence-corrected chi connectivity index (χ0v) is 11.0. The van der Waals surface area contributed by atoms with E-state index in [9.17, 15) is 4.79 Å². The van der Waals surface area contributed by atoms with Crippen molar-refractivity contribution in [2.75, 3.05) is 13.1 Å². The van der Waals surface area contributed by atoms with Gasteiger partial charge in [-0.25, -0.2) is 9.48 Å². The van der Waals surface area contributed by atoms with Crippen LogP contribution < -0.4 is 5.32 Å². The Bertz CT molecular complexity index is 491. The molecule has 1 unspecified atom stereocenters. The van der Waals surface area contributed by atoms with Crippen molar-refractivity contribution in [1.82, 2.24) is 25.2 Å². The number of carbonyl (C=O) groups is 1. The molecule has 2 amide bonds. The van der Waals surface area contributed by atoms with Crippen molar-refractivity contribution >= 4 is 6.03 Å². The quantitative estimate of drug-likeness (QED) is 0.891. The summed E-state index contributed by atoms with van der Waals surface area (Å²) in [6, 6.07) is 0.817. The first-order valence-electron chi connectivity index (χ1n) is 7.27. The molecule has 0 aromatic carbocycles. The summed E-state index contributed by atoms with van der Waals surface area (Å²) in [7, 11) is 0. The highest BCUT2D eigenvalue weighted by Crippen LogP contribution is 2.39. The van der Waals surface area contributed by atoms with Crippen molar-refractivity contribution in [1.29, 1.82) is 0 Å². The van der Waals surface area contributed by atoms with Crippen LogP contribution in [0, 0.1) is 0 Å². The van der Waals surface area contributed by atoms with E-state index < -0.39 is 0 Å². The molecule has 4 rings (SSSR count). The van der Waals surface area contributed by atoms with Crippen LogP contribution in [-0.4, -0.2) is 45.1 Å². The van der Waals surface area contributed by atoms with Crippen LogP contribution in [0.1, 0.15) is 49.8 Å². The molecule has 1 aromatic rings.